The fourth-order valence-corrected chi connectivity index (χ4v) is 2.54. The molecule has 5 nitrogen and oxygen atoms in total. The average Bonchev–Trinajstić information content (AvgIpc) is 2.65. The summed E-state index contributed by atoms with van der Waals surface area (Å²) in [5.41, 5.74) is 2.48. The van der Waals surface area contributed by atoms with E-state index in [1.807, 2.05) is 25.1 Å². The Labute approximate surface area is 161 Å². The van der Waals surface area contributed by atoms with Crippen LogP contribution in [0.25, 0.3) is 0 Å². The van der Waals surface area contributed by atoms with Crippen LogP contribution >= 0.6 is 0 Å². The van der Waals surface area contributed by atoms with Gasteiger partial charge in [0.25, 0.3) is 0 Å². The minimum atomic E-state index is -0.209. The van der Waals surface area contributed by atoms with Gasteiger partial charge in [-0.1, -0.05) is 34.1 Å². The molecule has 2 aromatic rings. The molecule has 0 heterocycles. The molecule has 27 heavy (non-hydrogen) atoms. The summed E-state index contributed by atoms with van der Waals surface area (Å²) in [5.74, 6) is 1.16. The highest BCUT2D eigenvalue weighted by Gasteiger charge is 2.19. The van der Waals surface area contributed by atoms with Crippen molar-refractivity contribution >= 4 is 17.3 Å². The first-order chi connectivity index (χ1) is 12.8. The standard InChI is InChI=1S/C22H28N2O3/c1-6-7-8-21(25)27-18-12-9-16(10-13-18)23-24-17-11-14-20(26-5)19(15-17)22(2,3)4/h9-15H,6-8H2,1-5H3. The number of rotatable bonds is 7. The summed E-state index contributed by atoms with van der Waals surface area (Å²) < 4.78 is 10.7. The Kier molecular flexibility index (Phi) is 7.11. The lowest BCUT2D eigenvalue weighted by Gasteiger charge is -2.22. The van der Waals surface area contributed by atoms with Crippen molar-refractivity contribution in [3.8, 4) is 11.5 Å². The van der Waals surface area contributed by atoms with Gasteiger partial charge in [-0.05, 0) is 54.3 Å². The lowest BCUT2D eigenvalue weighted by Crippen LogP contribution is -2.12. The van der Waals surface area contributed by atoms with Crippen molar-refractivity contribution in [2.75, 3.05) is 7.11 Å². The maximum atomic E-state index is 11.7. The van der Waals surface area contributed by atoms with Gasteiger partial charge in [-0.15, -0.1) is 0 Å². The number of hydrogen-bond donors (Lipinski definition) is 0. The molecule has 0 aliphatic carbocycles. The van der Waals surface area contributed by atoms with Crippen LogP contribution in [0, 0.1) is 0 Å². The molecular weight excluding hydrogens is 340 g/mol. The molecule has 0 aliphatic heterocycles. The number of benzene rings is 2. The second-order valence-corrected chi connectivity index (χ2v) is 7.41. The first kappa shape index (κ1) is 20.6. The highest BCUT2D eigenvalue weighted by molar-refractivity contribution is 5.72. The lowest BCUT2D eigenvalue weighted by molar-refractivity contribution is -0.134. The first-order valence-corrected chi connectivity index (χ1v) is 9.24. The van der Waals surface area contributed by atoms with Crippen LogP contribution < -0.4 is 9.47 Å². The molecule has 0 aromatic heterocycles. The number of ether oxygens (including phenoxy) is 2. The Morgan fingerprint density at radius 2 is 1.63 bits per heavy atom. The zero-order valence-corrected chi connectivity index (χ0v) is 16.8. The van der Waals surface area contributed by atoms with E-state index >= 15 is 0 Å². The van der Waals surface area contributed by atoms with E-state index in [1.54, 1.807) is 31.4 Å². The average molecular weight is 368 g/mol. The van der Waals surface area contributed by atoms with Crippen LogP contribution in [-0.2, 0) is 10.2 Å². The van der Waals surface area contributed by atoms with Gasteiger partial charge < -0.3 is 9.47 Å². The minimum absolute atomic E-state index is 0.0554. The third-order valence-electron chi connectivity index (χ3n) is 4.07. The molecule has 0 spiro atoms. The molecule has 0 aliphatic rings. The van der Waals surface area contributed by atoms with Gasteiger partial charge in [0.1, 0.15) is 11.5 Å². The summed E-state index contributed by atoms with van der Waals surface area (Å²) in [7, 11) is 1.67. The molecule has 0 saturated carbocycles. The van der Waals surface area contributed by atoms with Crippen LogP contribution in [0.3, 0.4) is 0 Å². The van der Waals surface area contributed by atoms with Gasteiger partial charge in [0.15, 0.2) is 0 Å². The zero-order chi connectivity index (χ0) is 19.9. The van der Waals surface area contributed by atoms with E-state index < -0.39 is 0 Å². The number of carbonyl (C=O) groups excluding carboxylic acids is 1. The summed E-state index contributed by atoms with van der Waals surface area (Å²) in [4.78, 5) is 11.7. The molecule has 0 bridgehead atoms. The number of methoxy groups -OCH3 is 1. The van der Waals surface area contributed by atoms with Crippen molar-refractivity contribution in [1.82, 2.24) is 0 Å². The van der Waals surface area contributed by atoms with Crippen LogP contribution in [0.1, 0.15) is 52.5 Å². The molecule has 0 radical (unpaired) electrons. The highest BCUT2D eigenvalue weighted by atomic mass is 16.5. The predicted molar refractivity (Wildman–Crippen MR) is 107 cm³/mol. The second-order valence-electron chi connectivity index (χ2n) is 7.41. The summed E-state index contributed by atoms with van der Waals surface area (Å²) >= 11 is 0. The van der Waals surface area contributed by atoms with Gasteiger partial charge in [-0.25, -0.2) is 0 Å². The van der Waals surface area contributed by atoms with E-state index in [-0.39, 0.29) is 11.4 Å². The summed E-state index contributed by atoms with van der Waals surface area (Å²) in [6.07, 6.45) is 2.24. The van der Waals surface area contributed by atoms with Crippen molar-refractivity contribution in [3.63, 3.8) is 0 Å². The van der Waals surface area contributed by atoms with Crippen LogP contribution in [0.2, 0.25) is 0 Å². The molecule has 0 amide bonds. The number of unbranched alkanes of at least 4 members (excludes halogenated alkanes) is 1. The van der Waals surface area contributed by atoms with Crippen molar-refractivity contribution in [1.29, 1.82) is 0 Å². The molecule has 0 unspecified atom stereocenters. The molecule has 0 atom stereocenters. The summed E-state index contributed by atoms with van der Waals surface area (Å²) in [6.45, 7) is 8.44. The first-order valence-electron chi connectivity index (χ1n) is 9.24. The normalized spacial score (nSPS) is 11.6. The van der Waals surface area contributed by atoms with Crippen LogP contribution in [0.4, 0.5) is 11.4 Å². The molecular formula is C22H28N2O3. The van der Waals surface area contributed by atoms with E-state index in [1.165, 1.54) is 0 Å². The van der Waals surface area contributed by atoms with Crippen LogP contribution in [0.5, 0.6) is 11.5 Å². The molecule has 5 heteroatoms. The predicted octanol–water partition coefficient (Wildman–Crippen LogP) is 6.50. The topological polar surface area (TPSA) is 60.2 Å². The smallest absolute Gasteiger partial charge is 0.311 e. The highest BCUT2D eigenvalue weighted by Crippen LogP contribution is 2.34. The monoisotopic (exact) mass is 368 g/mol. The Morgan fingerprint density at radius 3 is 2.22 bits per heavy atom. The SMILES string of the molecule is CCCCC(=O)Oc1ccc(N=Nc2ccc(OC)c(C(C)(C)C)c2)cc1. The third kappa shape index (κ3) is 6.20. The van der Waals surface area contributed by atoms with Gasteiger partial charge in [-0.3, -0.25) is 4.79 Å². The van der Waals surface area contributed by atoms with Gasteiger partial charge in [0.2, 0.25) is 0 Å². The van der Waals surface area contributed by atoms with Crippen molar-refractivity contribution in [2.24, 2.45) is 10.2 Å². The van der Waals surface area contributed by atoms with Crippen LogP contribution in [-0.4, -0.2) is 13.1 Å². The molecule has 144 valence electrons. The summed E-state index contributed by atoms with van der Waals surface area (Å²) in [5, 5.41) is 8.59. The molecule has 0 fully saturated rings. The maximum absolute atomic E-state index is 11.7. The second kappa shape index (κ2) is 9.31. The Bertz CT molecular complexity index is 790. The van der Waals surface area contributed by atoms with E-state index in [9.17, 15) is 4.79 Å². The Morgan fingerprint density at radius 1 is 1.00 bits per heavy atom. The van der Waals surface area contributed by atoms with E-state index in [2.05, 4.69) is 31.0 Å². The molecule has 0 saturated heterocycles. The fourth-order valence-electron chi connectivity index (χ4n) is 2.54. The van der Waals surface area contributed by atoms with Gasteiger partial charge in [-0.2, -0.15) is 10.2 Å². The van der Waals surface area contributed by atoms with Gasteiger partial charge >= 0.3 is 5.97 Å². The fraction of sp³-hybridized carbons (Fsp3) is 0.409. The maximum Gasteiger partial charge on any atom is 0.311 e. The molecule has 2 aromatic carbocycles. The largest absolute Gasteiger partial charge is 0.496 e. The number of carbonyl (C=O) groups is 1. The number of azo groups is 1. The number of esters is 1. The lowest BCUT2D eigenvalue weighted by atomic mass is 9.86. The van der Waals surface area contributed by atoms with E-state index in [0.29, 0.717) is 17.9 Å². The Balaban J connectivity index is 2.09. The van der Waals surface area contributed by atoms with Gasteiger partial charge in [0.05, 0.1) is 18.5 Å². The van der Waals surface area contributed by atoms with Crippen molar-refractivity contribution in [2.45, 2.75) is 52.4 Å². The van der Waals surface area contributed by atoms with Crippen molar-refractivity contribution in [3.05, 3.63) is 48.0 Å². The van der Waals surface area contributed by atoms with Crippen molar-refractivity contribution < 1.29 is 14.3 Å². The van der Waals surface area contributed by atoms with Gasteiger partial charge in [0, 0.05) is 12.0 Å². The molecule has 0 N–H and O–H groups in total. The zero-order valence-electron chi connectivity index (χ0n) is 16.8. The third-order valence-corrected chi connectivity index (χ3v) is 4.07. The van der Waals surface area contributed by atoms with E-state index in [4.69, 9.17) is 9.47 Å². The number of hydrogen-bond acceptors (Lipinski definition) is 5. The van der Waals surface area contributed by atoms with E-state index in [0.717, 1.165) is 29.8 Å². The Hall–Kier alpha value is -2.69. The number of nitrogens with zero attached hydrogens (tertiary/aromatic N) is 2. The molecule has 2 rings (SSSR count). The quantitative estimate of drug-likeness (QED) is 0.318. The van der Waals surface area contributed by atoms with Crippen LogP contribution in [0.15, 0.2) is 52.7 Å². The minimum Gasteiger partial charge on any atom is -0.496 e. The summed E-state index contributed by atoms with van der Waals surface area (Å²) in [6, 6.07) is 12.8.